The van der Waals surface area contributed by atoms with Gasteiger partial charge in [-0.05, 0) is 49.2 Å². The Kier molecular flexibility index (Phi) is 5.45. The van der Waals surface area contributed by atoms with Crippen molar-refractivity contribution in [1.82, 2.24) is 9.80 Å². The van der Waals surface area contributed by atoms with Crippen molar-refractivity contribution in [3.63, 3.8) is 0 Å². The van der Waals surface area contributed by atoms with Crippen LogP contribution in [0.15, 0.2) is 40.8 Å². The molecule has 3 heterocycles. The minimum absolute atomic E-state index is 0.0265. The standard InChI is InChI=1S/C21H26N2O4/c1-25-18-4-2-16(3-5-18)19-6-7-20(27-19)21(24)23-12-10-22(11-13-23)17-8-14-26-15-9-17/h2-7,17H,8-15H2,1H3. The molecule has 1 aromatic carbocycles. The highest BCUT2D eigenvalue weighted by Crippen LogP contribution is 2.25. The minimum atomic E-state index is -0.0265. The third-order valence-electron chi connectivity index (χ3n) is 5.50. The molecule has 2 fully saturated rings. The number of methoxy groups -OCH3 is 1. The average Bonchev–Trinajstić information content (AvgIpc) is 3.24. The molecule has 0 bridgehead atoms. The molecular formula is C21H26N2O4. The summed E-state index contributed by atoms with van der Waals surface area (Å²) in [7, 11) is 1.64. The molecule has 1 amide bonds. The van der Waals surface area contributed by atoms with Gasteiger partial charge in [-0.15, -0.1) is 0 Å². The number of hydrogen-bond donors (Lipinski definition) is 0. The Labute approximate surface area is 159 Å². The van der Waals surface area contributed by atoms with Crippen LogP contribution < -0.4 is 4.74 Å². The third-order valence-corrected chi connectivity index (χ3v) is 5.50. The van der Waals surface area contributed by atoms with Gasteiger partial charge in [0.05, 0.1) is 7.11 Å². The van der Waals surface area contributed by atoms with Crippen molar-refractivity contribution < 1.29 is 18.7 Å². The summed E-state index contributed by atoms with van der Waals surface area (Å²) in [5, 5.41) is 0. The summed E-state index contributed by atoms with van der Waals surface area (Å²) in [5.41, 5.74) is 0.930. The van der Waals surface area contributed by atoms with Crippen molar-refractivity contribution in [3.05, 3.63) is 42.2 Å². The SMILES string of the molecule is COc1ccc(-c2ccc(C(=O)N3CCN(C4CCOCC4)CC3)o2)cc1. The molecule has 0 N–H and O–H groups in total. The highest BCUT2D eigenvalue weighted by Gasteiger charge is 2.28. The van der Waals surface area contributed by atoms with E-state index in [4.69, 9.17) is 13.9 Å². The van der Waals surface area contributed by atoms with Crippen molar-refractivity contribution in [2.45, 2.75) is 18.9 Å². The predicted octanol–water partition coefficient (Wildman–Crippen LogP) is 2.89. The third kappa shape index (κ3) is 4.01. The predicted molar refractivity (Wildman–Crippen MR) is 102 cm³/mol. The van der Waals surface area contributed by atoms with E-state index in [2.05, 4.69) is 4.90 Å². The summed E-state index contributed by atoms with van der Waals surface area (Å²) >= 11 is 0. The zero-order valence-corrected chi connectivity index (χ0v) is 15.7. The lowest BCUT2D eigenvalue weighted by Gasteiger charge is -2.40. The fraction of sp³-hybridized carbons (Fsp3) is 0.476. The van der Waals surface area contributed by atoms with Crippen LogP contribution >= 0.6 is 0 Å². The van der Waals surface area contributed by atoms with E-state index in [0.29, 0.717) is 17.6 Å². The van der Waals surface area contributed by atoms with Crippen LogP contribution in [0.25, 0.3) is 11.3 Å². The topological polar surface area (TPSA) is 55.2 Å². The fourth-order valence-electron chi connectivity index (χ4n) is 3.86. The van der Waals surface area contributed by atoms with E-state index in [1.807, 2.05) is 35.2 Å². The molecule has 0 atom stereocenters. The van der Waals surface area contributed by atoms with E-state index < -0.39 is 0 Å². The number of hydrogen-bond acceptors (Lipinski definition) is 5. The largest absolute Gasteiger partial charge is 0.497 e. The second kappa shape index (κ2) is 8.15. The molecule has 2 aliphatic heterocycles. The van der Waals surface area contributed by atoms with Gasteiger partial charge in [0.15, 0.2) is 5.76 Å². The first-order valence-corrected chi connectivity index (χ1v) is 9.60. The summed E-state index contributed by atoms with van der Waals surface area (Å²) in [5.74, 6) is 1.87. The zero-order valence-electron chi connectivity index (χ0n) is 15.7. The Bertz CT molecular complexity index is 757. The van der Waals surface area contributed by atoms with Gasteiger partial charge in [-0.2, -0.15) is 0 Å². The molecular weight excluding hydrogens is 344 g/mol. The molecule has 27 heavy (non-hydrogen) atoms. The van der Waals surface area contributed by atoms with Crippen LogP contribution in [-0.4, -0.2) is 68.3 Å². The number of ether oxygens (including phenoxy) is 2. The molecule has 144 valence electrons. The van der Waals surface area contributed by atoms with Crippen LogP contribution in [0.4, 0.5) is 0 Å². The van der Waals surface area contributed by atoms with Crippen molar-refractivity contribution >= 4 is 5.91 Å². The second-order valence-electron chi connectivity index (χ2n) is 7.06. The lowest BCUT2D eigenvalue weighted by Crippen LogP contribution is -2.53. The number of furan rings is 1. The Morgan fingerprint density at radius 3 is 2.37 bits per heavy atom. The molecule has 1 aromatic heterocycles. The van der Waals surface area contributed by atoms with Crippen LogP contribution in [0.5, 0.6) is 5.75 Å². The molecule has 2 aromatic rings. The number of amides is 1. The molecule has 2 aliphatic rings. The molecule has 6 heteroatoms. The van der Waals surface area contributed by atoms with E-state index in [0.717, 1.165) is 63.5 Å². The monoisotopic (exact) mass is 370 g/mol. The molecule has 0 aliphatic carbocycles. The molecule has 6 nitrogen and oxygen atoms in total. The average molecular weight is 370 g/mol. The molecule has 4 rings (SSSR count). The first-order chi connectivity index (χ1) is 13.2. The molecule has 0 saturated carbocycles. The number of carbonyl (C=O) groups is 1. The fourth-order valence-corrected chi connectivity index (χ4v) is 3.86. The second-order valence-corrected chi connectivity index (χ2v) is 7.06. The van der Waals surface area contributed by atoms with Gasteiger partial charge in [0, 0.05) is 51.0 Å². The summed E-state index contributed by atoms with van der Waals surface area (Å²) in [6.07, 6.45) is 2.19. The Balaban J connectivity index is 1.36. The maximum Gasteiger partial charge on any atom is 0.289 e. The van der Waals surface area contributed by atoms with E-state index in [9.17, 15) is 4.79 Å². The van der Waals surface area contributed by atoms with Crippen LogP contribution in [0.3, 0.4) is 0 Å². The van der Waals surface area contributed by atoms with E-state index in [1.54, 1.807) is 13.2 Å². The smallest absolute Gasteiger partial charge is 0.289 e. The van der Waals surface area contributed by atoms with Gasteiger partial charge < -0.3 is 18.8 Å². The Morgan fingerprint density at radius 2 is 1.70 bits per heavy atom. The van der Waals surface area contributed by atoms with E-state index in [1.165, 1.54) is 0 Å². The van der Waals surface area contributed by atoms with Crippen LogP contribution in [-0.2, 0) is 4.74 Å². The lowest BCUT2D eigenvalue weighted by molar-refractivity contribution is 0.0131. The van der Waals surface area contributed by atoms with Gasteiger partial charge in [-0.3, -0.25) is 9.69 Å². The Morgan fingerprint density at radius 1 is 1.00 bits per heavy atom. The zero-order chi connectivity index (χ0) is 18.6. The molecule has 0 spiro atoms. The van der Waals surface area contributed by atoms with Gasteiger partial charge in [-0.25, -0.2) is 0 Å². The Hall–Kier alpha value is -2.31. The molecule has 2 saturated heterocycles. The van der Waals surface area contributed by atoms with Crippen molar-refractivity contribution in [2.75, 3.05) is 46.5 Å². The molecule has 0 unspecified atom stereocenters. The normalized spacial score (nSPS) is 19.2. The van der Waals surface area contributed by atoms with Gasteiger partial charge in [0.25, 0.3) is 5.91 Å². The van der Waals surface area contributed by atoms with Gasteiger partial charge >= 0.3 is 0 Å². The van der Waals surface area contributed by atoms with Crippen LogP contribution in [0.2, 0.25) is 0 Å². The van der Waals surface area contributed by atoms with Crippen molar-refractivity contribution in [3.8, 4) is 17.1 Å². The van der Waals surface area contributed by atoms with Gasteiger partial charge in [-0.1, -0.05) is 0 Å². The van der Waals surface area contributed by atoms with E-state index >= 15 is 0 Å². The van der Waals surface area contributed by atoms with Crippen molar-refractivity contribution in [1.29, 1.82) is 0 Å². The first-order valence-electron chi connectivity index (χ1n) is 9.60. The number of benzene rings is 1. The maximum absolute atomic E-state index is 12.8. The maximum atomic E-state index is 12.8. The van der Waals surface area contributed by atoms with Gasteiger partial charge in [0.1, 0.15) is 11.5 Å². The van der Waals surface area contributed by atoms with Crippen molar-refractivity contribution in [2.24, 2.45) is 0 Å². The summed E-state index contributed by atoms with van der Waals surface area (Å²) in [6, 6.07) is 11.8. The number of nitrogens with zero attached hydrogens (tertiary/aromatic N) is 2. The van der Waals surface area contributed by atoms with Crippen LogP contribution in [0, 0.1) is 0 Å². The number of piperazine rings is 1. The molecule has 0 radical (unpaired) electrons. The highest BCUT2D eigenvalue weighted by molar-refractivity contribution is 5.92. The summed E-state index contributed by atoms with van der Waals surface area (Å²) < 4.78 is 16.5. The van der Waals surface area contributed by atoms with E-state index in [-0.39, 0.29) is 5.91 Å². The minimum Gasteiger partial charge on any atom is -0.497 e. The highest BCUT2D eigenvalue weighted by atomic mass is 16.5. The summed E-state index contributed by atoms with van der Waals surface area (Å²) in [4.78, 5) is 17.2. The lowest BCUT2D eigenvalue weighted by atomic mass is 10.1. The number of rotatable bonds is 4. The summed E-state index contributed by atoms with van der Waals surface area (Å²) in [6.45, 7) is 5.03. The van der Waals surface area contributed by atoms with Gasteiger partial charge in [0.2, 0.25) is 0 Å². The number of carbonyl (C=O) groups excluding carboxylic acids is 1. The van der Waals surface area contributed by atoms with Crippen LogP contribution in [0.1, 0.15) is 23.4 Å². The first kappa shape index (κ1) is 18.1. The quantitative estimate of drug-likeness (QED) is 0.828.